The van der Waals surface area contributed by atoms with E-state index in [1.54, 1.807) is 17.5 Å². The molecule has 0 spiro atoms. The lowest BCUT2D eigenvalue weighted by Gasteiger charge is -2.23. The molecule has 0 amide bonds. The van der Waals surface area contributed by atoms with Crippen LogP contribution < -0.4 is 0 Å². The number of thiazole rings is 1. The molecule has 5 rings (SSSR count). The predicted molar refractivity (Wildman–Crippen MR) is 109 cm³/mol. The molecule has 7 heteroatoms. The predicted octanol–water partition coefficient (Wildman–Crippen LogP) is 4.50. The van der Waals surface area contributed by atoms with E-state index in [4.69, 9.17) is 19.4 Å². The molecule has 0 aromatic carbocycles. The van der Waals surface area contributed by atoms with Crippen molar-refractivity contribution in [3.8, 4) is 21.1 Å². The van der Waals surface area contributed by atoms with Crippen LogP contribution in [0.1, 0.15) is 24.1 Å². The Morgan fingerprint density at radius 1 is 1.18 bits per heavy atom. The minimum atomic E-state index is -0.426. The van der Waals surface area contributed by atoms with Crippen LogP contribution in [0.15, 0.2) is 42.9 Å². The molecule has 0 unspecified atom stereocenters. The van der Waals surface area contributed by atoms with Crippen molar-refractivity contribution in [3.63, 3.8) is 0 Å². The third-order valence-corrected chi connectivity index (χ3v) is 6.13. The summed E-state index contributed by atoms with van der Waals surface area (Å²) in [5.74, 6) is 0. The molecule has 0 N–H and O–H groups in total. The average molecular weight is 392 g/mol. The van der Waals surface area contributed by atoms with Crippen molar-refractivity contribution in [1.82, 2.24) is 19.5 Å². The first kappa shape index (κ1) is 17.5. The minimum Gasteiger partial charge on any atom is -0.350 e. The first-order valence-corrected chi connectivity index (χ1v) is 10.1. The fourth-order valence-electron chi connectivity index (χ4n) is 3.48. The van der Waals surface area contributed by atoms with Crippen molar-refractivity contribution in [3.05, 3.63) is 54.2 Å². The first-order valence-electron chi connectivity index (χ1n) is 9.28. The highest BCUT2D eigenvalue weighted by atomic mass is 32.1. The SMILES string of the molecule is Cc1nc(-c2cccnc2)sc1-c1cc2c(ccn2C)c(C2OCCCO2)n1. The Hall–Kier alpha value is -2.61. The Labute approximate surface area is 166 Å². The van der Waals surface area contributed by atoms with Crippen LogP contribution in [0.4, 0.5) is 0 Å². The van der Waals surface area contributed by atoms with Crippen LogP contribution in [0.25, 0.3) is 32.0 Å². The molecule has 0 radical (unpaired) electrons. The third kappa shape index (κ3) is 3.01. The second-order valence-corrected chi connectivity index (χ2v) is 7.85. The molecule has 0 atom stereocenters. The highest BCUT2D eigenvalue weighted by Crippen LogP contribution is 2.37. The highest BCUT2D eigenvalue weighted by molar-refractivity contribution is 7.18. The number of aromatic nitrogens is 4. The molecule has 4 aromatic rings. The maximum atomic E-state index is 5.86. The summed E-state index contributed by atoms with van der Waals surface area (Å²) in [5, 5.41) is 2.01. The van der Waals surface area contributed by atoms with E-state index < -0.39 is 6.29 Å². The molecule has 6 nitrogen and oxygen atoms in total. The number of ether oxygens (including phenoxy) is 2. The number of fused-ring (bicyclic) bond motifs is 1. The summed E-state index contributed by atoms with van der Waals surface area (Å²) >= 11 is 1.63. The maximum Gasteiger partial charge on any atom is 0.201 e. The Kier molecular flexibility index (Phi) is 4.43. The topological polar surface area (TPSA) is 62.1 Å². The van der Waals surface area contributed by atoms with Gasteiger partial charge in [-0.1, -0.05) is 0 Å². The molecule has 5 heterocycles. The van der Waals surface area contributed by atoms with Gasteiger partial charge in [0.1, 0.15) is 10.7 Å². The van der Waals surface area contributed by atoms with Gasteiger partial charge in [-0.15, -0.1) is 11.3 Å². The van der Waals surface area contributed by atoms with Gasteiger partial charge >= 0.3 is 0 Å². The van der Waals surface area contributed by atoms with Crippen LogP contribution in [0.2, 0.25) is 0 Å². The first-order chi connectivity index (χ1) is 13.7. The summed E-state index contributed by atoms with van der Waals surface area (Å²) in [5.41, 5.74) is 4.81. The number of nitrogens with zero attached hydrogens (tertiary/aromatic N) is 4. The van der Waals surface area contributed by atoms with Gasteiger partial charge in [0.15, 0.2) is 0 Å². The summed E-state index contributed by atoms with van der Waals surface area (Å²) in [4.78, 5) is 15.0. The van der Waals surface area contributed by atoms with Crippen molar-refractivity contribution in [2.75, 3.05) is 13.2 Å². The van der Waals surface area contributed by atoms with Gasteiger partial charge in [-0.25, -0.2) is 9.97 Å². The van der Waals surface area contributed by atoms with Crippen molar-refractivity contribution >= 4 is 22.2 Å². The molecule has 0 bridgehead atoms. The largest absolute Gasteiger partial charge is 0.350 e. The summed E-state index contributed by atoms with van der Waals surface area (Å²) in [6, 6.07) is 8.15. The van der Waals surface area contributed by atoms with E-state index >= 15 is 0 Å². The molecule has 1 aliphatic heterocycles. The van der Waals surface area contributed by atoms with Gasteiger partial charge in [0, 0.05) is 36.6 Å². The lowest BCUT2D eigenvalue weighted by atomic mass is 10.1. The standard InChI is InChI=1S/C21H20N4O2S/c1-13-19(28-20(23-13)14-5-3-7-22-12-14)16-11-17-15(6-8-25(17)2)18(24-16)21-26-9-4-10-27-21/h3,5-8,11-12,21H,4,9-10H2,1-2H3. The zero-order valence-corrected chi connectivity index (χ0v) is 16.6. The average Bonchev–Trinajstić information content (AvgIpc) is 3.32. The van der Waals surface area contributed by atoms with Crippen molar-refractivity contribution in [2.45, 2.75) is 19.6 Å². The van der Waals surface area contributed by atoms with E-state index in [-0.39, 0.29) is 0 Å². The maximum absolute atomic E-state index is 5.86. The fourth-order valence-corrected chi connectivity index (χ4v) is 4.50. The smallest absolute Gasteiger partial charge is 0.201 e. The Bertz CT molecular complexity index is 1130. The quantitative estimate of drug-likeness (QED) is 0.514. The van der Waals surface area contributed by atoms with Crippen LogP contribution in [0, 0.1) is 6.92 Å². The Morgan fingerprint density at radius 3 is 2.82 bits per heavy atom. The summed E-state index contributed by atoms with van der Waals surface area (Å²) in [6.07, 6.45) is 6.14. The van der Waals surface area contributed by atoms with E-state index in [0.717, 1.165) is 49.9 Å². The van der Waals surface area contributed by atoms with Gasteiger partial charge < -0.3 is 14.0 Å². The molecule has 1 fully saturated rings. The summed E-state index contributed by atoms with van der Waals surface area (Å²) in [6.45, 7) is 3.40. The number of hydrogen-bond donors (Lipinski definition) is 0. The van der Waals surface area contributed by atoms with Crippen LogP contribution in [-0.2, 0) is 16.5 Å². The summed E-state index contributed by atoms with van der Waals surface area (Å²) in [7, 11) is 2.04. The van der Waals surface area contributed by atoms with E-state index in [1.165, 1.54) is 0 Å². The highest BCUT2D eigenvalue weighted by Gasteiger charge is 2.24. The number of rotatable bonds is 3. The molecule has 142 valence electrons. The molecular formula is C21H20N4O2S. The number of aryl methyl sites for hydroxylation is 2. The zero-order valence-electron chi connectivity index (χ0n) is 15.8. The second-order valence-electron chi connectivity index (χ2n) is 6.85. The van der Waals surface area contributed by atoms with E-state index in [9.17, 15) is 0 Å². The lowest BCUT2D eigenvalue weighted by Crippen LogP contribution is -2.19. The van der Waals surface area contributed by atoms with Crippen LogP contribution in [-0.4, -0.2) is 32.7 Å². The molecule has 28 heavy (non-hydrogen) atoms. The minimum absolute atomic E-state index is 0.426. The van der Waals surface area contributed by atoms with E-state index in [0.29, 0.717) is 13.2 Å². The van der Waals surface area contributed by atoms with Gasteiger partial charge in [0.2, 0.25) is 6.29 Å². The molecule has 0 aliphatic carbocycles. The third-order valence-electron chi connectivity index (χ3n) is 4.90. The molecule has 1 aliphatic rings. The Balaban J connectivity index is 1.65. The summed E-state index contributed by atoms with van der Waals surface area (Å²) < 4.78 is 13.8. The van der Waals surface area contributed by atoms with Gasteiger partial charge in [-0.2, -0.15) is 0 Å². The van der Waals surface area contributed by atoms with Gasteiger partial charge in [-0.3, -0.25) is 4.98 Å². The number of pyridine rings is 2. The fraction of sp³-hybridized carbons (Fsp3) is 0.286. The number of hydrogen-bond acceptors (Lipinski definition) is 6. The Morgan fingerprint density at radius 2 is 2.04 bits per heavy atom. The van der Waals surface area contributed by atoms with Crippen molar-refractivity contribution in [1.29, 1.82) is 0 Å². The van der Waals surface area contributed by atoms with Crippen LogP contribution >= 0.6 is 11.3 Å². The van der Waals surface area contributed by atoms with E-state index in [1.807, 2.05) is 38.5 Å². The van der Waals surface area contributed by atoms with E-state index in [2.05, 4.69) is 21.7 Å². The van der Waals surface area contributed by atoms with Gasteiger partial charge in [0.25, 0.3) is 0 Å². The monoisotopic (exact) mass is 392 g/mol. The van der Waals surface area contributed by atoms with Gasteiger partial charge in [0.05, 0.1) is 35.0 Å². The van der Waals surface area contributed by atoms with Crippen molar-refractivity contribution in [2.24, 2.45) is 7.05 Å². The molecule has 0 saturated carbocycles. The normalized spacial score (nSPS) is 15.4. The van der Waals surface area contributed by atoms with Gasteiger partial charge in [-0.05, 0) is 37.6 Å². The molecule has 1 saturated heterocycles. The van der Waals surface area contributed by atoms with Crippen LogP contribution in [0.5, 0.6) is 0 Å². The second kappa shape index (κ2) is 7.09. The zero-order chi connectivity index (χ0) is 19.1. The lowest BCUT2D eigenvalue weighted by molar-refractivity contribution is -0.184. The van der Waals surface area contributed by atoms with Crippen LogP contribution in [0.3, 0.4) is 0 Å². The van der Waals surface area contributed by atoms with Crippen molar-refractivity contribution < 1.29 is 9.47 Å². The molecular weight excluding hydrogens is 372 g/mol. The molecule has 4 aromatic heterocycles.